The van der Waals surface area contributed by atoms with E-state index in [-0.39, 0.29) is 17.2 Å². The smallest absolute Gasteiger partial charge is 0.288 e. The first-order valence-electron chi connectivity index (χ1n) is 9.80. The number of carbonyl (C=O) groups is 1. The number of hydrogen-bond donors (Lipinski definition) is 0. The van der Waals surface area contributed by atoms with Gasteiger partial charge in [-0.15, -0.1) is 11.8 Å². The van der Waals surface area contributed by atoms with Crippen molar-refractivity contribution in [3.8, 4) is 5.69 Å². The molecule has 156 valence electrons. The highest BCUT2D eigenvalue weighted by atomic mass is 35.5. The van der Waals surface area contributed by atoms with Gasteiger partial charge in [0.2, 0.25) is 5.91 Å². The van der Waals surface area contributed by atoms with Gasteiger partial charge in [0.1, 0.15) is 16.2 Å². The molecular formula is C23H19ClN4O2S. The molecule has 1 aliphatic rings. The Morgan fingerprint density at radius 1 is 1.06 bits per heavy atom. The fourth-order valence-electron chi connectivity index (χ4n) is 4.01. The minimum Gasteiger partial charge on any atom is -0.288 e. The van der Waals surface area contributed by atoms with Crippen LogP contribution >= 0.6 is 23.4 Å². The van der Waals surface area contributed by atoms with Crippen LogP contribution in [0.4, 0.5) is 5.69 Å². The van der Waals surface area contributed by atoms with Crippen LogP contribution in [0.3, 0.4) is 0 Å². The molecule has 0 N–H and O–H groups in total. The number of carbonyl (C=O) groups excluding carboxylic acids is 1. The fourth-order valence-corrected chi connectivity index (χ4v) is 5.49. The molecule has 2 aromatic heterocycles. The summed E-state index contributed by atoms with van der Waals surface area (Å²) >= 11 is 8.00. The number of hydrogen-bond acceptors (Lipinski definition) is 4. The first-order valence-corrected chi connectivity index (χ1v) is 11.2. The van der Waals surface area contributed by atoms with Crippen molar-refractivity contribution in [2.24, 2.45) is 7.05 Å². The first kappa shape index (κ1) is 19.9. The zero-order chi connectivity index (χ0) is 21.7. The third-order valence-corrected chi connectivity index (χ3v) is 7.10. The van der Waals surface area contributed by atoms with Crippen LogP contribution in [-0.4, -0.2) is 26.0 Å². The molecule has 1 aliphatic heterocycles. The normalized spacial score (nSPS) is 16.4. The van der Waals surface area contributed by atoms with Crippen LogP contribution in [0.15, 0.2) is 65.5 Å². The highest BCUT2D eigenvalue weighted by molar-refractivity contribution is 8.00. The molecule has 0 saturated carbocycles. The van der Waals surface area contributed by atoms with E-state index in [4.69, 9.17) is 11.6 Å². The number of fused-ring (bicyclic) bond motifs is 1. The van der Waals surface area contributed by atoms with E-state index in [2.05, 4.69) is 4.98 Å². The Morgan fingerprint density at radius 2 is 1.77 bits per heavy atom. The van der Waals surface area contributed by atoms with Gasteiger partial charge in [0.05, 0.1) is 22.7 Å². The van der Waals surface area contributed by atoms with E-state index in [1.54, 1.807) is 14.3 Å². The Kier molecular flexibility index (Phi) is 4.87. The van der Waals surface area contributed by atoms with Gasteiger partial charge in [-0.3, -0.25) is 19.2 Å². The van der Waals surface area contributed by atoms with Gasteiger partial charge in [-0.1, -0.05) is 48.0 Å². The monoisotopic (exact) mass is 450 g/mol. The van der Waals surface area contributed by atoms with Crippen molar-refractivity contribution in [2.75, 3.05) is 10.7 Å². The third-order valence-electron chi connectivity index (χ3n) is 5.60. The van der Waals surface area contributed by atoms with Gasteiger partial charge >= 0.3 is 0 Å². The van der Waals surface area contributed by atoms with Gasteiger partial charge < -0.3 is 0 Å². The Bertz CT molecular complexity index is 1380. The van der Waals surface area contributed by atoms with Crippen LogP contribution in [0.25, 0.3) is 16.6 Å². The molecular weight excluding hydrogens is 432 g/mol. The van der Waals surface area contributed by atoms with Crippen molar-refractivity contribution in [1.29, 1.82) is 0 Å². The van der Waals surface area contributed by atoms with Crippen LogP contribution in [-0.2, 0) is 11.8 Å². The van der Waals surface area contributed by atoms with E-state index in [1.807, 2.05) is 74.6 Å². The van der Waals surface area contributed by atoms with E-state index in [0.717, 1.165) is 22.2 Å². The summed E-state index contributed by atoms with van der Waals surface area (Å²) in [6.07, 6.45) is 0. The SMILES string of the molecule is Cc1c(N2C(=O)CSC2c2cc3ccccc3nc2Cl)c(=O)n(-c2ccccc2)n1C. The lowest BCUT2D eigenvalue weighted by atomic mass is 10.1. The molecule has 1 saturated heterocycles. The van der Waals surface area contributed by atoms with E-state index in [9.17, 15) is 9.59 Å². The number of thioether (sulfide) groups is 1. The van der Waals surface area contributed by atoms with Gasteiger partial charge in [-0.25, -0.2) is 9.67 Å². The molecule has 2 aromatic carbocycles. The fraction of sp³-hybridized carbons (Fsp3) is 0.174. The number of para-hydroxylation sites is 2. The quantitative estimate of drug-likeness (QED) is 0.432. The highest BCUT2D eigenvalue weighted by Gasteiger charge is 2.39. The zero-order valence-electron chi connectivity index (χ0n) is 16.9. The molecule has 5 rings (SSSR count). The molecule has 0 radical (unpaired) electrons. The maximum Gasteiger partial charge on any atom is 0.295 e. The standard InChI is InChI=1S/C23H19ClN4O2S/c1-14-20(22(30)28(26(14)2)16-9-4-3-5-10-16)27-19(29)13-31-23(27)17-12-15-8-6-7-11-18(15)25-21(17)24/h3-12,23H,13H2,1-2H3. The summed E-state index contributed by atoms with van der Waals surface area (Å²) in [6.45, 7) is 1.85. The Labute approximate surface area is 188 Å². The van der Waals surface area contributed by atoms with Crippen molar-refractivity contribution in [3.63, 3.8) is 0 Å². The second kappa shape index (κ2) is 7.59. The molecule has 1 unspecified atom stereocenters. The lowest BCUT2D eigenvalue weighted by Crippen LogP contribution is -2.33. The molecule has 6 nitrogen and oxygen atoms in total. The molecule has 0 bridgehead atoms. The number of rotatable bonds is 3. The van der Waals surface area contributed by atoms with E-state index < -0.39 is 5.37 Å². The minimum atomic E-state index is -0.421. The van der Waals surface area contributed by atoms with E-state index >= 15 is 0 Å². The predicted molar refractivity (Wildman–Crippen MR) is 125 cm³/mol. The average molecular weight is 451 g/mol. The van der Waals surface area contributed by atoms with Gasteiger partial charge in [0.25, 0.3) is 5.56 Å². The number of pyridine rings is 1. The Balaban J connectivity index is 1.68. The first-order chi connectivity index (χ1) is 15.0. The van der Waals surface area contributed by atoms with Gasteiger partial charge in [-0.2, -0.15) is 0 Å². The summed E-state index contributed by atoms with van der Waals surface area (Å²) in [5.74, 6) is 0.151. The van der Waals surface area contributed by atoms with Crippen molar-refractivity contribution in [2.45, 2.75) is 12.3 Å². The molecule has 4 aromatic rings. The van der Waals surface area contributed by atoms with Crippen LogP contribution in [0.1, 0.15) is 16.6 Å². The van der Waals surface area contributed by atoms with Gasteiger partial charge in [0, 0.05) is 18.0 Å². The average Bonchev–Trinajstić information content (AvgIpc) is 3.24. The van der Waals surface area contributed by atoms with Crippen LogP contribution in [0.2, 0.25) is 5.15 Å². The van der Waals surface area contributed by atoms with E-state index in [1.165, 1.54) is 11.8 Å². The van der Waals surface area contributed by atoms with Crippen molar-refractivity contribution in [1.82, 2.24) is 14.3 Å². The topological polar surface area (TPSA) is 60.1 Å². The van der Waals surface area contributed by atoms with Crippen molar-refractivity contribution >= 4 is 45.9 Å². The molecule has 0 spiro atoms. The maximum atomic E-state index is 13.5. The molecule has 8 heteroatoms. The summed E-state index contributed by atoms with van der Waals surface area (Å²) in [6, 6.07) is 19.1. The molecule has 1 fully saturated rings. The predicted octanol–water partition coefficient (Wildman–Crippen LogP) is 4.46. The summed E-state index contributed by atoms with van der Waals surface area (Å²) in [4.78, 5) is 32.6. The van der Waals surface area contributed by atoms with Gasteiger partial charge in [0.15, 0.2) is 0 Å². The molecule has 31 heavy (non-hydrogen) atoms. The summed E-state index contributed by atoms with van der Waals surface area (Å²) in [7, 11) is 1.82. The second-order valence-electron chi connectivity index (χ2n) is 7.40. The Morgan fingerprint density at radius 3 is 2.55 bits per heavy atom. The van der Waals surface area contributed by atoms with Crippen molar-refractivity contribution < 1.29 is 4.79 Å². The number of benzene rings is 2. The number of aromatic nitrogens is 3. The zero-order valence-corrected chi connectivity index (χ0v) is 18.5. The van der Waals surface area contributed by atoms with Crippen LogP contribution < -0.4 is 10.5 Å². The number of halogens is 1. The summed E-state index contributed by atoms with van der Waals surface area (Å²) in [5, 5.41) is 0.858. The molecule has 1 amide bonds. The van der Waals surface area contributed by atoms with Crippen LogP contribution in [0.5, 0.6) is 0 Å². The molecule has 0 aliphatic carbocycles. The maximum absolute atomic E-state index is 13.5. The molecule has 1 atom stereocenters. The lowest BCUT2D eigenvalue weighted by Gasteiger charge is -2.24. The number of nitrogens with zero attached hydrogens (tertiary/aromatic N) is 4. The Hall–Kier alpha value is -3.03. The number of anilines is 1. The largest absolute Gasteiger partial charge is 0.295 e. The van der Waals surface area contributed by atoms with E-state index in [0.29, 0.717) is 16.5 Å². The van der Waals surface area contributed by atoms with Crippen LogP contribution in [0, 0.1) is 6.92 Å². The van der Waals surface area contributed by atoms with Crippen molar-refractivity contribution in [3.05, 3.63) is 87.4 Å². The van der Waals surface area contributed by atoms with Gasteiger partial charge in [-0.05, 0) is 31.2 Å². The third kappa shape index (κ3) is 3.16. The number of amides is 1. The second-order valence-corrected chi connectivity index (χ2v) is 8.82. The molecule has 3 heterocycles. The lowest BCUT2D eigenvalue weighted by molar-refractivity contribution is -0.115. The summed E-state index contributed by atoms with van der Waals surface area (Å²) in [5.41, 5.74) is 3.10. The highest BCUT2D eigenvalue weighted by Crippen LogP contribution is 2.44. The minimum absolute atomic E-state index is 0.120. The summed E-state index contributed by atoms with van der Waals surface area (Å²) < 4.78 is 3.36.